The van der Waals surface area contributed by atoms with Gasteiger partial charge in [0, 0.05) is 35.5 Å². The summed E-state index contributed by atoms with van der Waals surface area (Å²) in [5, 5.41) is 11.4. The van der Waals surface area contributed by atoms with E-state index in [1.54, 1.807) is 42.2 Å². The van der Waals surface area contributed by atoms with Crippen molar-refractivity contribution < 1.29 is 19.2 Å². The Kier molecular flexibility index (Phi) is 6.17. The molecule has 162 valence electrons. The van der Waals surface area contributed by atoms with E-state index in [4.69, 9.17) is 9.47 Å². The minimum atomic E-state index is -0.476. The van der Waals surface area contributed by atoms with Gasteiger partial charge in [0.1, 0.15) is 13.2 Å². The Labute approximate surface area is 185 Å². The van der Waals surface area contributed by atoms with Crippen LogP contribution >= 0.6 is 0 Å². The average molecular weight is 430 g/mol. The summed E-state index contributed by atoms with van der Waals surface area (Å²) in [6.45, 7) is 2.83. The Hall–Kier alpha value is -4.13. The van der Waals surface area contributed by atoms with Crippen molar-refractivity contribution >= 4 is 23.4 Å². The topological polar surface area (TPSA) is 81.9 Å². The first-order valence-electron chi connectivity index (χ1n) is 10.2. The molecule has 0 spiro atoms. The molecule has 3 aromatic carbocycles. The van der Waals surface area contributed by atoms with Crippen molar-refractivity contribution in [2.75, 3.05) is 24.7 Å². The van der Waals surface area contributed by atoms with Crippen LogP contribution in [-0.4, -0.2) is 30.6 Å². The van der Waals surface area contributed by atoms with Crippen LogP contribution in [0.2, 0.25) is 0 Å². The Bertz CT molecular complexity index is 1170. The molecule has 0 atom stereocenters. The third-order valence-corrected chi connectivity index (χ3v) is 5.13. The lowest BCUT2D eigenvalue weighted by atomic mass is 10.1. The fraction of sp³-hybridized carbons (Fsp3) is 0.160. The van der Waals surface area contributed by atoms with Gasteiger partial charge in [0.05, 0.1) is 4.92 Å². The number of anilines is 1. The van der Waals surface area contributed by atoms with Gasteiger partial charge in [-0.05, 0) is 30.7 Å². The van der Waals surface area contributed by atoms with Crippen molar-refractivity contribution in [1.29, 1.82) is 0 Å². The Morgan fingerprint density at radius 3 is 2.53 bits per heavy atom. The maximum absolute atomic E-state index is 13.4. The van der Waals surface area contributed by atoms with Crippen molar-refractivity contribution in [3.05, 3.63) is 99.6 Å². The van der Waals surface area contributed by atoms with E-state index in [9.17, 15) is 14.9 Å². The quantitative estimate of drug-likeness (QED) is 0.404. The molecule has 0 saturated carbocycles. The molecule has 1 aliphatic rings. The summed E-state index contributed by atoms with van der Waals surface area (Å²) in [4.78, 5) is 25.9. The molecule has 1 heterocycles. The van der Waals surface area contributed by atoms with Gasteiger partial charge < -0.3 is 14.4 Å². The van der Waals surface area contributed by atoms with Gasteiger partial charge in [0.25, 0.3) is 11.6 Å². The van der Waals surface area contributed by atoms with Crippen molar-refractivity contribution in [2.45, 2.75) is 6.92 Å². The van der Waals surface area contributed by atoms with Crippen LogP contribution in [0.1, 0.15) is 21.5 Å². The molecule has 0 aliphatic carbocycles. The molecule has 0 unspecified atom stereocenters. The van der Waals surface area contributed by atoms with E-state index < -0.39 is 4.92 Å². The number of benzene rings is 3. The number of carbonyl (C=O) groups excluding carboxylic acids is 1. The Morgan fingerprint density at radius 1 is 1.03 bits per heavy atom. The molecular weight excluding hydrogens is 408 g/mol. The zero-order valence-electron chi connectivity index (χ0n) is 17.6. The van der Waals surface area contributed by atoms with Gasteiger partial charge >= 0.3 is 0 Å². The summed E-state index contributed by atoms with van der Waals surface area (Å²) < 4.78 is 11.2. The van der Waals surface area contributed by atoms with Crippen LogP contribution < -0.4 is 14.4 Å². The van der Waals surface area contributed by atoms with E-state index in [1.165, 1.54) is 6.07 Å². The summed E-state index contributed by atoms with van der Waals surface area (Å²) in [7, 11) is 0. The molecule has 7 heteroatoms. The monoisotopic (exact) mass is 430 g/mol. The molecule has 0 saturated heterocycles. The Balaban J connectivity index is 1.68. The van der Waals surface area contributed by atoms with E-state index in [0.29, 0.717) is 36.0 Å². The highest BCUT2D eigenvalue weighted by atomic mass is 16.6. The van der Waals surface area contributed by atoms with Gasteiger partial charge in [-0.15, -0.1) is 0 Å². The highest BCUT2D eigenvalue weighted by Gasteiger charge is 2.22. The number of carbonyl (C=O) groups is 1. The van der Waals surface area contributed by atoms with Gasteiger partial charge in [-0.2, -0.15) is 0 Å². The maximum atomic E-state index is 13.4. The molecule has 0 aromatic heterocycles. The molecule has 7 nitrogen and oxygen atoms in total. The Morgan fingerprint density at radius 2 is 1.78 bits per heavy atom. The van der Waals surface area contributed by atoms with Crippen LogP contribution in [0.4, 0.5) is 11.4 Å². The van der Waals surface area contributed by atoms with Crippen LogP contribution in [0.5, 0.6) is 11.5 Å². The smallest absolute Gasteiger partial charge is 0.273 e. The molecule has 4 rings (SSSR count). The van der Waals surface area contributed by atoms with Gasteiger partial charge in [-0.25, -0.2) is 0 Å². The van der Waals surface area contributed by atoms with Crippen LogP contribution in [0, 0.1) is 17.0 Å². The molecule has 1 aliphatic heterocycles. The summed E-state index contributed by atoms with van der Waals surface area (Å²) >= 11 is 0. The summed E-state index contributed by atoms with van der Waals surface area (Å²) in [5.74, 6) is 0.842. The standard InChI is InChI=1S/C25H22N2O5/c1-18-9-10-20(16-22(18)27(29)30)25(28)26(13-5-8-19-6-3-2-4-7-19)21-11-12-23-24(17-21)32-15-14-31-23/h2-12,16-17H,13-15H2,1H3/b8-5+. The number of nitrogens with zero attached hydrogens (tertiary/aromatic N) is 2. The molecule has 3 aromatic rings. The number of fused-ring (bicyclic) bond motifs is 1. The third kappa shape index (κ3) is 4.62. The van der Waals surface area contributed by atoms with Crippen LogP contribution in [0.15, 0.2) is 72.8 Å². The summed E-state index contributed by atoms with van der Waals surface area (Å²) in [5.41, 5.74) is 2.28. The minimum Gasteiger partial charge on any atom is -0.486 e. The second-order valence-electron chi connectivity index (χ2n) is 7.32. The number of rotatable bonds is 6. The van der Waals surface area contributed by atoms with E-state index >= 15 is 0 Å². The fourth-order valence-electron chi connectivity index (χ4n) is 3.46. The zero-order chi connectivity index (χ0) is 22.5. The van der Waals surface area contributed by atoms with E-state index in [1.807, 2.05) is 42.5 Å². The molecule has 32 heavy (non-hydrogen) atoms. The van der Waals surface area contributed by atoms with Crippen molar-refractivity contribution in [3.63, 3.8) is 0 Å². The van der Waals surface area contributed by atoms with E-state index in [-0.39, 0.29) is 23.7 Å². The first kappa shape index (κ1) is 21.1. The van der Waals surface area contributed by atoms with Crippen LogP contribution in [0.3, 0.4) is 0 Å². The lowest BCUT2D eigenvalue weighted by Crippen LogP contribution is -2.31. The van der Waals surface area contributed by atoms with Gasteiger partial charge in [0.2, 0.25) is 0 Å². The maximum Gasteiger partial charge on any atom is 0.273 e. The molecule has 0 radical (unpaired) electrons. The summed E-state index contributed by atoms with van der Waals surface area (Å²) in [6.07, 6.45) is 3.81. The molecule has 0 fully saturated rings. The highest BCUT2D eigenvalue weighted by Crippen LogP contribution is 2.34. The number of hydrogen-bond acceptors (Lipinski definition) is 5. The fourth-order valence-corrected chi connectivity index (χ4v) is 3.46. The predicted molar refractivity (Wildman–Crippen MR) is 122 cm³/mol. The number of amides is 1. The molecule has 0 N–H and O–H groups in total. The van der Waals surface area contributed by atoms with Gasteiger partial charge in [0.15, 0.2) is 11.5 Å². The van der Waals surface area contributed by atoms with Gasteiger partial charge in [-0.3, -0.25) is 14.9 Å². The minimum absolute atomic E-state index is 0.0854. The van der Waals surface area contributed by atoms with E-state index in [0.717, 1.165) is 5.56 Å². The second kappa shape index (κ2) is 9.34. The summed E-state index contributed by atoms with van der Waals surface area (Å²) in [6, 6.07) is 19.6. The molecule has 1 amide bonds. The van der Waals surface area contributed by atoms with Crippen LogP contribution in [0.25, 0.3) is 6.08 Å². The lowest BCUT2D eigenvalue weighted by molar-refractivity contribution is -0.385. The largest absolute Gasteiger partial charge is 0.486 e. The normalized spacial score (nSPS) is 12.5. The van der Waals surface area contributed by atoms with Crippen molar-refractivity contribution in [1.82, 2.24) is 0 Å². The number of ether oxygens (including phenoxy) is 2. The SMILES string of the molecule is Cc1ccc(C(=O)N(C/C=C/c2ccccc2)c2ccc3c(c2)OCCO3)cc1[N+](=O)[O-]. The number of nitro benzene ring substituents is 1. The first-order valence-corrected chi connectivity index (χ1v) is 10.2. The predicted octanol–water partition coefficient (Wildman–Crippen LogP) is 5.03. The highest BCUT2D eigenvalue weighted by molar-refractivity contribution is 6.07. The molecular formula is C25H22N2O5. The number of nitro groups is 1. The second-order valence-corrected chi connectivity index (χ2v) is 7.32. The lowest BCUT2D eigenvalue weighted by Gasteiger charge is -2.24. The average Bonchev–Trinajstić information content (AvgIpc) is 2.82. The third-order valence-electron chi connectivity index (χ3n) is 5.13. The van der Waals surface area contributed by atoms with Crippen molar-refractivity contribution in [3.8, 4) is 11.5 Å². The first-order chi connectivity index (χ1) is 15.5. The molecule has 0 bridgehead atoms. The van der Waals surface area contributed by atoms with Crippen molar-refractivity contribution in [2.24, 2.45) is 0 Å². The van der Waals surface area contributed by atoms with E-state index in [2.05, 4.69) is 0 Å². The van der Waals surface area contributed by atoms with Crippen LogP contribution in [-0.2, 0) is 0 Å². The van der Waals surface area contributed by atoms with Gasteiger partial charge in [-0.1, -0.05) is 48.6 Å². The zero-order valence-corrected chi connectivity index (χ0v) is 17.6. The number of hydrogen-bond donors (Lipinski definition) is 0. The number of aryl methyl sites for hydroxylation is 1.